The van der Waals surface area contributed by atoms with Gasteiger partial charge < -0.3 is 9.47 Å². The van der Waals surface area contributed by atoms with Gasteiger partial charge in [-0.1, -0.05) is 12.1 Å². The zero-order valence-corrected chi connectivity index (χ0v) is 10.2. The van der Waals surface area contributed by atoms with E-state index < -0.39 is 0 Å². The molecular formula is C14H15NO2. The molecule has 0 saturated carbocycles. The summed E-state index contributed by atoms with van der Waals surface area (Å²) in [4.78, 5) is 4.19. The molecule has 17 heavy (non-hydrogen) atoms. The van der Waals surface area contributed by atoms with E-state index in [2.05, 4.69) is 11.1 Å². The van der Waals surface area contributed by atoms with Gasteiger partial charge in [0.1, 0.15) is 5.75 Å². The minimum absolute atomic E-state index is 0.618. The lowest BCUT2D eigenvalue weighted by atomic mass is 10.1. The third-order valence-electron chi connectivity index (χ3n) is 2.69. The van der Waals surface area contributed by atoms with Crippen molar-refractivity contribution in [1.82, 2.24) is 4.98 Å². The van der Waals surface area contributed by atoms with Crippen molar-refractivity contribution in [2.75, 3.05) is 14.2 Å². The Morgan fingerprint density at radius 1 is 0.941 bits per heavy atom. The average Bonchev–Trinajstić information content (AvgIpc) is 2.39. The van der Waals surface area contributed by atoms with Crippen LogP contribution in [0.1, 0.15) is 5.56 Å². The molecule has 0 saturated heterocycles. The number of pyridine rings is 1. The van der Waals surface area contributed by atoms with E-state index in [0.29, 0.717) is 5.88 Å². The number of ether oxygens (including phenoxy) is 2. The van der Waals surface area contributed by atoms with Crippen LogP contribution in [0.15, 0.2) is 36.5 Å². The molecule has 1 aromatic heterocycles. The summed E-state index contributed by atoms with van der Waals surface area (Å²) in [5.74, 6) is 1.51. The highest BCUT2D eigenvalue weighted by Gasteiger charge is 2.03. The van der Waals surface area contributed by atoms with Gasteiger partial charge in [0.15, 0.2) is 0 Å². The fourth-order valence-corrected chi connectivity index (χ4v) is 1.67. The Bertz CT molecular complexity index is 506. The van der Waals surface area contributed by atoms with E-state index in [0.717, 1.165) is 22.4 Å². The molecule has 0 unspecified atom stereocenters. The van der Waals surface area contributed by atoms with Crippen molar-refractivity contribution in [3.05, 3.63) is 42.1 Å². The van der Waals surface area contributed by atoms with Crippen molar-refractivity contribution in [2.24, 2.45) is 0 Å². The maximum Gasteiger partial charge on any atom is 0.212 e. The molecule has 0 aliphatic carbocycles. The van der Waals surface area contributed by atoms with Crippen LogP contribution in [0.4, 0.5) is 0 Å². The molecule has 88 valence electrons. The van der Waals surface area contributed by atoms with Crippen molar-refractivity contribution in [3.63, 3.8) is 0 Å². The van der Waals surface area contributed by atoms with E-state index in [1.165, 1.54) is 0 Å². The smallest absolute Gasteiger partial charge is 0.212 e. The third-order valence-corrected chi connectivity index (χ3v) is 2.69. The van der Waals surface area contributed by atoms with Crippen LogP contribution in [0, 0.1) is 6.92 Å². The van der Waals surface area contributed by atoms with Gasteiger partial charge in [0.05, 0.1) is 14.2 Å². The van der Waals surface area contributed by atoms with Gasteiger partial charge in [-0.25, -0.2) is 4.98 Å². The van der Waals surface area contributed by atoms with Crippen molar-refractivity contribution >= 4 is 0 Å². The monoisotopic (exact) mass is 229 g/mol. The largest absolute Gasteiger partial charge is 0.496 e. The zero-order chi connectivity index (χ0) is 12.3. The van der Waals surface area contributed by atoms with Gasteiger partial charge in [0.25, 0.3) is 0 Å². The molecule has 0 amide bonds. The van der Waals surface area contributed by atoms with E-state index >= 15 is 0 Å². The number of aromatic nitrogens is 1. The molecule has 3 heteroatoms. The van der Waals surface area contributed by atoms with Gasteiger partial charge in [-0.3, -0.25) is 0 Å². The minimum atomic E-state index is 0.618. The molecule has 0 spiro atoms. The first kappa shape index (κ1) is 11.5. The van der Waals surface area contributed by atoms with Gasteiger partial charge in [0.2, 0.25) is 5.88 Å². The number of methoxy groups -OCH3 is 2. The Morgan fingerprint density at radius 3 is 2.29 bits per heavy atom. The summed E-state index contributed by atoms with van der Waals surface area (Å²) in [5.41, 5.74) is 3.25. The second-order valence-electron chi connectivity index (χ2n) is 3.77. The van der Waals surface area contributed by atoms with E-state index in [1.807, 2.05) is 31.2 Å². The van der Waals surface area contributed by atoms with Gasteiger partial charge in [-0.2, -0.15) is 0 Å². The maximum absolute atomic E-state index is 5.31. The van der Waals surface area contributed by atoms with Crippen LogP contribution in [-0.4, -0.2) is 19.2 Å². The summed E-state index contributed by atoms with van der Waals surface area (Å²) >= 11 is 0. The highest BCUT2D eigenvalue weighted by atomic mass is 16.5. The molecule has 0 N–H and O–H groups in total. The van der Waals surface area contributed by atoms with E-state index in [-0.39, 0.29) is 0 Å². The fourth-order valence-electron chi connectivity index (χ4n) is 1.67. The van der Waals surface area contributed by atoms with Crippen LogP contribution in [0.5, 0.6) is 11.6 Å². The lowest BCUT2D eigenvalue weighted by Gasteiger charge is -2.08. The number of nitrogens with zero attached hydrogens (tertiary/aromatic N) is 1. The number of aryl methyl sites for hydroxylation is 1. The molecule has 0 radical (unpaired) electrons. The highest BCUT2D eigenvalue weighted by molar-refractivity contribution is 5.65. The highest BCUT2D eigenvalue weighted by Crippen LogP contribution is 2.26. The van der Waals surface area contributed by atoms with Crippen molar-refractivity contribution in [1.29, 1.82) is 0 Å². The van der Waals surface area contributed by atoms with Crippen molar-refractivity contribution in [3.8, 4) is 22.8 Å². The molecular weight excluding hydrogens is 214 g/mol. The first-order valence-corrected chi connectivity index (χ1v) is 5.39. The lowest BCUT2D eigenvalue weighted by molar-refractivity contribution is 0.398. The van der Waals surface area contributed by atoms with E-state index in [9.17, 15) is 0 Å². The molecule has 0 fully saturated rings. The van der Waals surface area contributed by atoms with Gasteiger partial charge >= 0.3 is 0 Å². The predicted molar refractivity (Wildman–Crippen MR) is 67.5 cm³/mol. The number of hydrogen-bond donors (Lipinski definition) is 0. The van der Waals surface area contributed by atoms with Crippen molar-refractivity contribution in [2.45, 2.75) is 6.92 Å². The Labute approximate surface area is 101 Å². The van der Waals surface area contributed by atoms with Gasteiger partial charge in [0, 0.05) is 17.8 Å². The number of benzene rings is 1. The molecule has 0 atom stereocenters. The second kappa shape index (κ2) is 4.87. The summed E-state index contributed by atoms with van der Waals surface area (Å²) in [6.45, 7) is 2.02. The predicted octanol–water partition coefficient (Wildman–Crippen LogP) is 3.07. The maximum atomic E-state index is 5.31. The third kappa shape index (κ3) is 2.38. The summed E-state index contributed by atoms with van der Waals surface area (Å²) in [5, 5.41) is 0. The summed E-state index contributed by atoms with van der Waals surface area (Å²) < 4.78 is 10.3. The van der Waals surface area contributed by atoms with Crippen LogP contribution in [0.25, 0.3) is 11.1 Å². The normalized spacial score (nSPS) is 10.1. The Morgan fingerprint density at radius 2 is 1.71 bits per heavy atom. The molecule has 1 aromatic carbocycles. The Hall–Kier alpha value is -2.03. The lowest BCUT2D eigenvalue weighted by Crippen LogP contribution is -1.89. The van der Waals surface area contributed by atoms with Crippen LogP contribution in [0.2, 0.25) is 0 Å². The molecule has 2 rings (SSSR count). The number of rotatable bonds is 3. The SMILES string of the molecule is COc1ccc(-c2ccc(C)c(OC)c2)cn1. The fraction of sp³-hybridized carbons (Fsp3) is 0.214. The average molecular weight is 229 g/mol. The molecule has 3 nitrogen and oxygen atoms in total. The van der Waals surface area contributed by atoms with Crippen LogP contribution >= 0.6 is 0 Å². The van der Waals surface area contributed by atoms with Crippen molar-refractivity contribution < 1.29 is 9.47 Å². The summed E-state index contributed by atoms with van der Waals surface area (Å²) in [6, 6.07) is 9.94. The quantitative estimate of drug-likeness (QED) is 0.810. The second-order valence-corrected chi connectivity index (χ2v) is 3.77. The molecule has 1 heterocycles. The molecule has 0 bridgehead atoms. The Kier molecular flexibility index (Phi) is 3.28. The Balaban J connectivity index is 2.38. The van der Waals surface area contributed by atoms with Crippen LogP contribution in [-0.2, 0) is 0 Å². The van der Waals surface area contributed by atoms with Gasteiger partial charge in [-0.15, -0.1) is 0 Å². The topological polar surface area (TPSA) is 31.4 Å². The minimum Gasteiger partial charge on any atom is -0.496 e. The van der Waals surface area contributed by atoms with Gasteiger partial charge in [-0.05, 0) is 30.2 Å². The molecule has 0 aliphatic heterocycles. The van der Waals surface area contributed by atoms with Crippen LogP contribution < -0.4 is 9.47 Å². The van der Waals surface area contributed by atoms with E-state index in [1.54, 1.807) is 20.4 Å². The first-order chi connectivity index (χ1) is 8.24. The first-order valence-electron chi connectivity index (χ1n) is 5.39. The zero-order valence-electron chi connectivity index (χ0n) is 10.2. The van der Waals surface area contributed by atoms with Crippen LogP contribution in [0.3, 0.4) is 0 Å². The summed E-state index contributed by atoms with van der Waals surface area (Å²) in [7, 11) is 3.29. The molecule has 2 aromatic rings. The summed E-state index contributed by atoms with van der Waals surface area (Å²) in [6.07, 6.45) is 1.79. The van der Waals surface area contributed by atoms with E-state index in [4.69, 9.17) is 9.47 Å². The molecule has 0 aliphatic rings. The number of hydrogen-bond acceptors (Lipinski definition) is 3. The standard InChI is InChI=1S/C14H15NO2/c1-10-4-5-11(8-13(10)16-2)12-6-7-14(17-3)15-9-12/h4-9H,1-3H3.